The van der Waals surface area contributed by atoms with E-state index in [0.717, 1.165) is 29.5 Å². The molecular formula is C68H62O14. The highest BCUT2D eigenvalue weighted by molar-refractivity contribution is 6.07. The van der Waals surface area contributed by atoms with E-state index in [9.17, 15) is 28.8 Å². The van der Waals surface area contributed by atoms with Gasteiger partial charge in [0.15, 0.2) is 17.3 Å². The van der Waals surface area contributed by atoms with E-state index >= 15 is 0 Å². The summed E-state index contributed by atoms with van der Waals surface area (Å²) in [6.07, 6.45) is 3.41. The van der Waals surface area contributed by atoms with Crippen LogP contribution in [0.2, 0.25) is 0 Å². The zero-order valence-electron chi connectivity index (χ0n) is 46.6. The SMILES string of the molecule is C=C(OCCCC)c1cc(Oc2ccccc2)ccc1C(=O)OC.CC(=O)c1ccc(Oc2ccccc2)cc1C(C)=O.COC(=O)c1ccc(Oc2ccccc2)cc1C(C)=O.Cc1coc(=O)c2ccc(Oc3ccccc3)cc12. The maximum atomic E-state index is 12.0. The largest absolute Gasteiger partial charge is 0.494 e. The number of hydrogen-bond acceptors (Lipinski definition) is 14. The summed E-state index contributed by atoms with van der Waals surface area (Å²) in [5.74, 6) is 4.13. The number of rotatable bonds is 18. The number of aryl methyl sites for hydroxylation is 1. The number of unbranched alkanes of at least 4 members (excludes halogenated alkanes) is 1. The van der Waals surface area contributed by atoms with Crippen LogP contribution in [0.4, 0.5) is 0 Å². The molecule has 0 unspecified atom stereocenters. The first-order chi connectivity index (χ1) is 39.6. The quantitative estimate of drug-likeness (QED) is 0.0343. The van der Waals surface area contributed by atoms with Gasteiger partial charge in [-0.25, -0.2) is 14.4 Å². The maximum Gasteiger partial charge on any atom is 0.343 e. The molecule has 0 bridgehead atoms. The van der Waals surface area contributed by atoms with E-state index < -0.39 is 11.9 Å². The summed E-state index contributed by atoms with van der Waals surface area (Å²) in [6.45, 7) is 12.8. The highest BCUT2D eigenvalue weighted by Crippen LogP contribution is 2.31. The number of carbonyl (C=O) groups is 5. The van der Waals surface area contributed by atoms with E-state index in [-0.39, 0.29) is 34.1 Å². The van der Waals surface area contributed by atoms with Crippen molar-refractivity contribution in [2.75, 3.05) is 20.8 Å². The first-order valence-electron chi connectivity index (χ1n) is 26.0. The second-order valence-electron chi connectivity index (χ2n) is 18.0. The lowest BCUT2D eigenvalue weighted by atomic mass is 10.0. The molecule has 9 aromatic rings. The molecule has 0 fully saturated rings. The number of esters is 2. The lowest BCUT2D eigenvalue weighted by Gasteiger charge is -2.14. The van der Waals surface area contributed by atoms with Crippen molar-refractivity contribution in [2.45, 2.75) is 47.5 Å². The average molecular weight is 1100 g/mol. The number of carbonyl (C=O) groups excluding carboxylic acids is 5. The van der Waals surface area contributed by atoms with Crippen molar-refractivity contribution in [3.63, 3.8) is 0 Å². The van der Waals surface area contributed by atoms with Gasteiger partial charge in [0.2, 0.25) is 0 Å². The molecule has 14 nitrogen and oxygen atoms in total. The summed E-state index contributed by atoms with van der Waals surface area (Å²) in [6, 6.07) is 57.5. The third-order valence-electron chi connectivity index (χ3n) is 11.9. The number of methoxy groups -OCH3 is 2. The lowest BCUT2D eigenvalue weighted by molar-refractivity contribution is 0.0590. The van der Waals surface area contributed by atoms with Crippen LogP contribution in [0, 0.1) is 6.92 Å². The molecule has 1 heterocycles. The Kier molecular flexibility index (Phi) is 22.8. The van der Waals surface area contributed by atoms with Gasteiger partial charge >= 0.3 is 17.6 Å². The van der Waals surface area contributed by atoms with E-state index in [1.54, 1.807) is 60.7 Å². The number of fused-ring (bicyclic) bond motifs is 1. The minimum absolute atomic E-state index is 0.128. The minimum Gasteiger partial charge on any atom is -0.494 e. The summed E-state index contributed by atoms with van der Waals surface area (Å²) in [4.78, 5) is 69.8. The molecule has 418 valence electrons. The van der Waals surface area contributed by atoms with Gasteiger partial charge in [-0.3, -0.25) is 14.4 Å². The monoisotopic (exact) mass is 1100 g/mol. The van der Waals surface area contributed by atoms with Crippen molar-refractivity contribution in [2.24, 2.45) is 0 Å². The Morgan fingerprint density at radius 2 is 0.780 bits per heavy atom. The molecule has 14 heteroatoms. The van der Waals surface area contributed by atoms with Gasteiger partial charge in [-0.15, -0.1) is 0 Å². The van der Waals surface area contributed by atoms with E-state index in [1.165, 1.54) is 47.3 Å². The van der Waals surface area contributed by atoms with Crippen LogP contribution in [-0.2, 0) is 14.2 Å². The Morgan fingerprint density at radius 3 is 1.17 bits per heavy atom. The van der Waals surface area contributed by atoms with E-state index in [0.29, 0.717) is 80.3 Å². The summed E-state index contributed by atoms with van der Waals surface area (Å²) >= 11 is 0. The summed E-state index contributed by atoms with van der Waals surface area (Å²) < 4.78 is 42.9. The van der Waals surface area contributed by atoms with Crippen molar-refractivity contribution in [1.82, 2.24) is 0 Å². The highest BCUT2D eigenvalue weighted by Gasteiger charge is 2.19. The van der Waals surface area contributed by atoms with E-state index in [1.807, 2.05) is 134 Å². The molecule has 0 radical (unpaired) electrons. The third-order valence-corrected chi connectivity index (χ3v) is 11.9. The lowest BCUT2D eigenvalue weighted by Crippen LogP contribution is -2.08. The molecule has 1 aromatic heterocycles. The molecule has 0 atom stereocenters. The van der Waals surface area contributed by atoms with Crippen molar-refractivity contribution < 1.29 is 61.5 Å². The van der Waals surface area contributed by atoms with Gasteiger partial charge < -0.3 is 37.6 Å². The standard InChI is InChI=1S/C20H22O4.C16H14O4.C16H12O3.C16H14O3/c1-4-5-13-23-15(2)19-14-17(11-12-18(19)20(21)22-3)24-16-9-7-6-8-10-16;1-11(17)15-10-13(8-9-14(15)16(18)19-2)20-12-6-4-3-5-7-12;1-11-10-18-16(17)14-8-7-13(9-15(11)14)19-12-5-3-2-4-6-12;1-11(17)15-9-8-14(10-16(15)12(2)18)19-13-6-4-3-5-7-13/h6-12,14H,2,4-5,13H2,1,3H3;3-10H,1-2H3;2-10H,1H3;3-10H,1-2H3. The fourth-order valence-corrected chi connectivity index (χ4v) is 7.73. The normalized spacial score (nSPS) is 10.1. The number of Topliss-reactive ketones (excluding diaryl/α,β-unsaturated/α-hetero) is 3. The summed E-state index contributed by atoms with van der Waals surface area (Å²) in [5.41, 5.74) is 2.89. The van der Waals surface area contributed by atoms with Gasteiger partial charge in [-0.05, 0) is 166 Å². The summed E-state index contributed by atoms with van der Waals surface area (Å²) in [5, 5.41) is 1.42. The van der Waals surface area contributed by atoms with Gasteiger partial charge in [0, 0.05) is 22.3 Å². The van der Waals surface area contributed by atoms with Crippen LogP contribution in [0.25, 0.3) is 16.5 Å². The van der Waals surface area contributed by atoms with Crippen LogP contribution in [0.15, 0.2) is 216 Å². The van der Waals surface area contributed by atoms with Crippen molar-refractivity contribution in [1.29, 1.82) is 0 Å². The number of para-hydroxylation sites is 4. The smallest absolute Gasteiger partial charge is 0.343 e. The minimum atomic E-state index is -0.540. The molecule has 0 aliphatic carbocycles. The molecule has 0 saturated carbocycles. The molecule has 0 aliphatic heterocycles. The first kappa shape index (κ1) is 60.9. The van der Waals surface area contributed by atoms with Gasteiger partial charge in [-0.1, -0.05) is 92.7 Å². The van der Waals surface area contributed by atoms with Gasteiger partial charge in [0.05, 0.1) is 43.6 Å². The molecule has 0 spiro atoms. The van der Waals surface area contributed by atoms with Gasteiger partial charge in [0.25, 0.3) is 0 Å². The Balaban J connectivity index is 0.000000177. The molecule has 0 amide bonds. The second-order valence-corrected chi connectivity index (χ2v) is 18.0. The zero-order valence-corrected chi connectivity index (χ0v) is 46.6. The van der Waals surface area contributed by atoms with E-state index in [4.69, 9.17) is 32.8 Å². The molecular weight excluding hydrogens is 1040 g/mol. The zero-order chi connectivity index (χ0) is 59.0. The average Bonchev–Trinajstić information content (AvgIpc) is 3.61. The van der Waals surface area contributed by atoms with Gasteiger partial charge in [-0.2, -0.15) is 0 Å². The van der Waals surface area contributed by atoms with Crippen LogP contribution in [0.3, 0.4) is 0 Å². The Morgan fingerprint density at radius 1 is 0.427 bits per heavy atom. The third kappa shape index (κ3) is 17.8. The molecule has 82 heavy (non-hydrogen) atoms. The Labute approximate surface area is 476 Å². The highest BCUT2D eigenvalue weighted by atomic mass is 16.5. The predicted octanol–water partition coefficient (Wildman–Crippen LogP) is 16.3. The van der Waals surface area contributed by atoms with Crippen LogP contribution < -0.4 is 24.6 Å². The van der Waals surface area contributed by atoms with Crippen molar-refractivity contribution in [3.8, 4) is 46.0 Å². The predicted molar refractivity (Wildman–Crippen MR) is 315 cm³/mol. The molecule has 0 N–H and O–H groups in total. The van der Waals surface area contributed by atoms with Gasteiger partial charge in [0.1, 0.15) is 51.8 Å². The first-order valence-corrected chi connectivity index (χ1v) is 26.0. The van der Waals surface area contributed by atoms with Crippen LogP contribution in [-0.4, -0.2) is 50.1 Å². The van der Waals surface area contributed by atoms with Crippen molar-refractivity contribution in [3.05, 3.63) is 256 Å². The maximum absolute atomic E-state index is 12.0. The van der Waals surface area contributed by atoms with Crippen LogP contribution in [0.1, 0.15) is 103 Å². The molecule has 9 rings (SSSR count). The fourth-order valence-electron chi connectivity index (χ4n) is 7.73. The van der Waals surface area contributed by atoms with Crippen molar-refractivity contribution >= 4 is 45.8 Å². The summed E-state index contributed by atoms with van der Waals surface area (Å²) in [7, 11) is 2.63. The van der Waals surface area contributed by atoms with E-state index in [2.05, 4.69) is 18.2 Å². The van der Waals surface area contributed by atoms with Crippen LogP contribution in [0.5, 0.6) is 46.0 Å². The molecule has 0 aliphatic rings. The Bertz CT molecular complexity index is 3690. The molecule has 0 saturated heterocycles. The Hall–Kier alpha value is -10.3. The number of ether oxygens (including phenoxy) is 7. The number of benzene rings is 8. The second kappa shape index (κ2) is 30.7. The number of ketones is 3. The fraction of sp³-hybridized carbons (Fsp3) is 0.147. The topological polar surface area (TPSA) is 180 Å². The molecule has 8 aromatic carbocycles. The number of hydrogen-bond donors (Lipinski definition) is 0. The van der Waals surface area contributed by atoms with Crippen LogP contribution >= 0.6 is 0 Å².